The maximum Gasteiger partial charge on any atom is 0.265 e. The van der Waals surface area contributed by atoms with E-state index in [4.69, 9.17) is 17.0 Å². The van der Waals surface area contributed by atoms with Crippen molar-refractivity contribution in [1.82, 2.24) is 5.32 Å². The molecule has 23 heavy (non-hydrogen) atoms. The van der Waals surface area contributed by atoms with E-state index in [1.165, 1.54) is 24.6 Å². The van der Waals surface area contributed by atoms with Gasteiger partial charge in [0.25, 0.3) is 11.8 Å². The Morgan fingerprint density at radius 2 is 2.22 bits per heavy atom. The standard InChI is InChI=1S/C16H14N2O3S2/c19-14-8-21-12-4-3-10(6-13-15(20)17-16(22)23-13)5-11(12)18(14)7-9-1-2-9/h3-6,9H,1-2,7-8H2,(H,17,20,22). The van der Waals surface area contributed by atoms with E-state index in [1.807, 2.05) is 23.1 Å². The van der Waals surface area contributed by atoms with Crippen LogP contribution in [0.15, 0.2) is 23.1 Å². The van der Waals surface area contributed by atoms with Crippen LogP contribution in [0.5, 0.6) is 5.75 Å². The Balaban J connectivity index is 1.67. The summed E-state index contributed by atoms with van der Waals surface area (Å²) in [5.41, 5.74) is 1.64. The van der Waals surface area contributed by atoms with Gasteiger partial charge in [0.05, 0.1) is 10.6 Å². The van der Waals surface area contributed by atoms with Crippen molar-refractivity contribution in [3.8, 4) is 5.75 Å². The molecule has 2 heterocycles. The minimum absolute atomic E-state index is 0.0108. The number of nitrogens with zero attached hydrogens (tertiary/aromatic N) is 1. The van der Waals surface area contributed by atoms with Crippen LogP contribution in [0.1, 0.15) is 18.4 Å². The summed E-state index contributed by atoms with van der Waals surface area (Å²) < 4.78 is 5.98. The molecule has 7 heteroatoms. The second kappa shape index (κ2) is 5.65. The van der Waals surface area contributed by atoms with Crippen LogP contribution in [-0.2, 0) is 9.59 Å². The number of hydrogen-bond acceptors (Lipinski definition) is 5. The van der Waals surface area contributed by atoms with Crippen LogP contribution in [0, 0.1) is 5.92 Å². The van der Waals surface area contributed by atoms with E-state index < -0.39 is 0 Å². The van der Waals surface area contributed by atoms with Crippen molar-refractivity contribution >= 4 is 51.9 Å². The predicted molar refractivity (Wildman–Crippen MR) is 93.3 cm³/mol. The molecule has 0 spiro atoms. The zero-order valence-electron chi connectivity index (χ0n) is 12.2. The highest BCUT2D eigenvalue weighted by Crippen LogP contribution is 2.38. The van der Waals surface area contributed by atoms with Crippen LogP contribution in [0.2, 0.25) is 0 Å². The van der Waals surface area contributed by atoms with Crippen LogP contribution in [-0.4, -0.2) is 29.3 Å². The molecule has 1 saturated carbocycles. The number of thioether (sulfide) groups is 1. The third-order valence-electron chi connectivity index (χ3n) is 4.00. The molecule has 2 fully saturated rings. The summed E-state index contributed by atoms with van der Waals surface area (Å²) in [6, 6.07) is 5.63. The first-order chi connectivity index (χ1) is 11.1. The molecule has 0 aromatic heterocycles. The molecule has 4 rings (SSSR count). The van der Waals surface area contributed by atoms with Crippen LogP contribution in [0.25, 0.3) is 6.08 Å². The smallest absolute Gasteiger partial charge is 0.265 e. The van der Waals surface area contributed by atoms with Gasteiger partial charge in [-0.3, -0.25) is 9.59 Å². The molecule has 1 saturated heterocycles. The van der Waals surface area contributed by atoms with Crippen molar-refractivity contribution < 1.29 is 14.3 Å². The Bertz CT molecular complexity index is 756. The monoisotopic (exact) mass is 346 g/mol. The molecule has 0 radical (unpaired) electrons. The SMILES string of the molecule is O=C1NC(=S)SC1=Cc1ccc2c(c1)N(CC1CC1)C(=O)CO2. The van der Waals surface area contributed by atoms with Gasteiger partial charge in [-0.2, -0.15) is 0 Å². The normalized spacial score (nSPS) is 22.2. The minimum atomic E-state index is -0.181. The molecule has 118 valence electrons. The first kappa shape index (κ1) is 14.7. The number of thiocarbonyl (C=S) groups is 1. The van der Waals surface area contributed by atoms with E-state index in [9.17, 15) is 9.59 Å². The summed E-state index contributed by atoms with van der Waals surface area (Å²) >= 11 is 6.24. The first-order valence-electron chi connectivity index (χ1n) is 7.42. The van der Waals surface area contributed by atoms with Gasteiger partial charge >= 0.3 is 0 Å². The van der Waals surface area contributed by atoms with Gasteiger partial charge in [0, 0.05) is 6.54 Å². The Hall–Kier alpha value is -1.86. The molecular formula is C16H14N2O3S2. The molecule has 2 amide bonds. The molecule has 1 aromatic rings. The minimum Gasteiger partial charge on any atom is -0.482 e. The van der Waals surface area contributed by atoms with Crippen molar-refractivity contribution in [2.45, 2.75) is 12.8 Å². The van der Waals surface area contributed by atoms with Crippen molar-refractivity contribution in [3.05, 3.63) is 28.7 Å². The summed E-state index contributed by atoms with van der Waals surface area (Å²) in [6.07, 6.45) is 4.14. The number of amides is 2. The van der Waals surface area contributed by atoms with Crippen molar-refractivity contribution in [2.24, 2.45) is 5.92 Å². The second-order valence-electron chi connectivity index (χ2n) is 5.82. The van der Waals surface area contributed by atoms with E-state index in [0.29, 0.717) is 20.9 Å². The Morgan fingerprint density at radius 3 is 2.91 bits per heavy atom. The molecule has 1 N–H and O–H groups in total. The second-order valence-corrected chi connectivity index (χ2v) is 7.53. The summed E-state index contributed by atoms with van der Waals surface area (Å²) in [7, 11) is 0. The van der Waals surface area contributed by atoms with Crippen LogP contribution >= 0.6 is 24.0 Å². The maximum absolute atomic E-state index is 12.2. The first-order valence-corrected chi connectivity index (χ1v) is 8.65. The van der Waals surface area contributed by atoms with Crippen molar-refractivity contribution in [1.29, 1.82) is 0 Å². The molecule has 2 aliphatic heterocycles. The lowest BCUT2D eigenvalue weighted by molar-refractivity contribution is -0.121. The number of ether oxygens (including phenoxy) is 1. The molecule has 5 nitrogen and oxygen atoms in total. The van der Waals surface area contributed by atoms with Gasteiger partial charge in [0.15, 0.2) is 6.61 Å². The Morgan fingerprint density at radius 1 is 1.39 bits per heavy atom. The predicted octanol–water partition coefficient (Wildman–Crippen LogP) is 2.31. The largest absolute Gasteiger partial charge is 0.482 e. The van der Waals surface area contributed by atoms with Gasteiger partial charge < -0.3 is 15.0 Å². The summed E-state index contributed by atoms with van der Waals surface area (Å²) in [6.45, 7) is 0.835. The van der Waals surface area contributed by atoms with E-state index in [2.05, 4.69) is 5.32 Å². The number of nitrogens with one attached hydrogen (secondary N) is 1. The Kier molecular flexibility index (Phi) is 3.61. The molecule has 0 atom stereocenters. The quantitative estimate of drug-likeness (QED) is 0.672. The van der Waals surface area contributed by atoms with E-state index >= 15 is 0 Å². The average Bonchev–Trinajstić information content (AvgIpc) is 3.28. The number of fused-ring (bicyclic) bond motifs is 1. The van der Waals surface area contributed by atoms with Gasteiger partial charge in [-0.1, -0.05) is 30.0 Å². The van der Waals surface area contributed by atoms with Crippen LogP contribution in [0.3, 0.4) is 0 Å². The zero-order chi connectivity index (χ0) is 16.0. The lowest BCUT2D eigenvalue weighted by Crippen LogP contribution is -2.40. The highest BCUT2D eigenvalue weighted by molar-refractivity contribution is 8.26. The third-order valence-corrected chi connectivity index (χ3v) is 5.17. The fourth-order valence-corrected chi connectivity index (χ4v) is 3.68. The third kappa shape index (κ3) is 2.98. The topological polar surface area (TPSA) is 58.6 Å². The number of benzene rings is 1. The molecule has 3 aliphatic rings. The molecule has 0 bridgehead atoms. The van der Waals surface area contributed by atoms with Gasteiger partial charge in [-0.15, -0.1) is 0 Å². The average molecular weight is 346 g/mol. The van der Waals surface area contributed by atoms with E-state index in [1.54, 1.807) is 6.08 Å². The van der Waals surface area contributed by atoms with E-state index in [0.717, 1.165) is 17.8 Å². The van der Waals surface area contributed by atoms with E-state index in [-0.39, 0.29) is 18.4 Å². The Labute approximate surface area is 143 Å². The van der Waals surface area contributed by atoms with Crippen molar-refractivity contribution in [2.75, 3.05) is 18.1 Å². The molecule has 1 aliphatic carbocycles. The van der Waals surface area contributed by atoms with Crippen molar-refractivity contribution in [3.63, 3.8) is 0 Å². The highest BCUT2D eigenvalue weighted by Gasteiger charge is 2.32. The van der Waals surface area contributed by atoms with Crippen LogP contribution in [0.4, 0.5) is 5.69 Å². The fraction of sp³-hybridized carbons (Fsp3) is 0.312. The highest BCUT2D eigenvalue weighted by atomic mass is 32.2. The summed E-state index contributed by atoms with van der Waals surface area (Å²) in [5.74, 6) is 1.12. The van der Waals surface area contributed by atoms with Gasteiger partial charge in [0.2, 0.25) is 0 Å². The van der Waals surface area contributed by atoms with Crippen LogP contribution < -0.4 is 15.0 Å². The molecule has 0 unspecified atom stereocenters. The summed E-state index contributed by atoms with van der Waals surface area (Å²) in [5, 5.41) is 2.60. The maximum atomic E-state index is 12.2. The summed E-state index contributed by atoms with van der Waals surface area (Å²) in [4.78, 5) is 26.3. The zero-order valence-corrected chi connectivity index (χ0v) is 13.8. The number of hydrogen-bond donors (Lipinski definition) is 1. The van der Waals surface area contributed by atoms with Gasteiger partial charge in [0.1, 0.15) is 10.1 Å². The number of carbonyl (C=O) groups excluding carboxylic acids is 2. The lowest BCUT2D eigenvalue weighted by Gasteiger charge is -2.29. The van der Waals surface area contributed by atoms with Gasteiger partial charge in [-0.25, -0.2) is 0 Å². The number of rotatable bonds is 3. The molecular weight excluding hydrogens is 332 g/mol. The number of carbonyl (C=O) groups is 2. The van der Waals surface area contributed by atoms with Gasteiger partial charge in [-0.05, 0) is 42.5 Å². The molecule has 1 aromatic carbocycles. The fourth-order valence-electron chi connectivity index (χ4n) is 2.64. The lowest BCUT2D eigenvalue weighted by atomic mass is 10.1. The number of anilines is 1.